The maximum Gasteiger partial charge on any atom is 0.272 e. The van der Waals surface area contributed by atoms with E-state index < -0.39 is 17.8 Å². The van der Waals surface area contributed by atoms with Crippen LogP contribution in [0.5, 0.6) is 0 Å². The molecular weight excluding hydrogens is 333 g/mol. The molecule has 0 radical (unpaired) electrons. The van der Waals surface area contributed by atoms with Crippen molar-refractivity contribution in [1.29, 1.82) is 0 Å². The molecule has 0 bridgehead atoms. The Bertz CT molecular complexity index is 882. The molecule has 1 aromatic carbocycles. The number of imidazole rings is 1. The van der Waals surface area contributed by atoms with Crippen LogP contribution >= 0.6 is 11.6 Å². The molecule has 0 aliphatic rings. The van der Waals surface area contributed by atoms with E-state index in [0.29, 0.717) is 11.4 Å². The molecule has 0 saturated carbocycles. The zero-order valence-electron chi connectivity index (χ0n) is 12.6. The number of aryl methyl sites for hydroxylation is 1. The Kier molecular flexibility index (Phi) is 4.52. The normalized spacial score (nSPS) is 12.0. The van der Waals surface area contributed by atoms with Crippen LogP contribution < -0.4 is 5.32 Å². The lowest BCUT2D eigenvalue weighted by molar-refractivity contribution is 0.0936. The Morgan fingerprint density at radius 1 is 1.38 bits per heavy atom. The monoisotopic (exact) mass is 345 g/mol. The molecule has 0 aliphatic heterocycles. The van der Waals surface area contributed by atoms with Gasteiger partial charge in [-0.25, -0.2) is 19.3 Å². The van der Waals surface area contributed by atoms with Crippen molar-refractivity contribution in [2.75, 3.05) is 0 Å². The summed E-state index contributed by atoms with van der Waals surface area (Å²) in [7, 11) is 1.79. The molecule has 3 rings (SSSR count). The third-order valence-electron chi connectivity index (χ3n) is 3.46. The van der Waals surface area contributed by atoms with Gasteiger partial charge in [0.25, 0.3) is 5.91 Å². The topological polar surface area (TPSA) is 72.7 Å². The number of carbonyl (C=O) groups excluding carboxylic acids is 1. The molecule has 8 heteroatoms. The summed E-state index contributed by atoms with van der Waals surface area (Å²) in [6.07, 6.45) is 5.91. The highest BCUT2D eigenvalue weighted by Crippen LogP contribution is 2.22. The van der Waals surface area contributed by atoms with Gasteiger partial charge in [0.1, 0.15) is 29.7 Å². The van der Waals surface area contributed by atoms with Crippen molar-refractivity contribution >= 4 is 17.5 Å². The minimum absolute atomic E-state index is 0.0438. The van der Waals surface area contributed by atoms with Gasteiger partial charge in [-0.15, -0.1) is 0 Å². The predicted octanol–water partition coefficient (Wildman–Crippen LogP) is 2.52. The molecule has 0 fully saturated rings. The van der Waals surface area contributed by atoms with E-state index in [0.717, 1.165) is 0 Å². The van der Waals surface area contributed by atoms with Gasteiger partial charge in [-0.2, -0.15) is 0 Å². The van der Waals surface area contributed by atoms with Gasteiger partial charge >= 0.3 is 0 Å². The van der Waals surface area contributed by atoms with Crippen molar-refractivity contribution in [3.63, 3.8) is 0 Å². The number of rotatable bonds is 4. The van der Waals surface area contributed by atoms with Crippen LogP contribution in [0, 0.1) is 5.82 Å². The van der Waals surface area contributed by atoms with E-state index in [1.54, 1.807) is 36.1 Å². The van der Waals surface area contributed by atoms with Crippen molar-refractivity contribution in [3.05, 3.63) is 77.1 Å². The van der Waals surface area contributed by atoms with Gasteiger partial charge in [0, 0.05) is 25.6 Å². The molecule has 1 amide bonds. The van der Waals surface area contributed by atoms with Crippen LogP contribution in [0.3, 0.4) is 0 Å². The molecule has 0 aliphatic carbocycles. The van der Waals surface area contributed by atoms with Crippen LogP contribution in [0.15, 0.2) is 49.2 Å². The first-order chi connectivity index (χ1) is 11.6. The highest BCUT2D eigenvalue weighted by molar-refractivity contribution is 6.33. The first-order valence-electron chi connectivity index (χ1n) is 7.05. The molecule has 122 valence electrons. The number of amides is 1. The van der Waals surface area contributed by atoms with Crippen molar-refractivity contribution in [1.82, 2.24) is 24.8 Å². The Hall–Kier alpha value is -2.80. The van der Waals surface area contributed by atoms with Crippen LogP contribution in [0.4, 0.5) is 4.39 Å². The van der Waals surface area contributed by atoms with E-state index in [2.05, 4.69) is 20.3 Å². The van der Waals surface area contributed by atoms with Gasteiger partial charge in [0.05, 0.1) is 5.02 Å². The standard InChI is InChI=1S/C16H13ClFN5O/c1-23-6-5-20-15(23)13(10-3-2-4-11(18)7-10)22-16(24)14-12(17)8-19-9-21-14/h2-9,13H,1H3,(H,22,24)/t13-/m1/s1. The minimum Gasteiger partial charge on any atom is -0.337 e. The number of hydrogen-bond acceptors (Lipinski definition) is 4. The van der Waals surface area contributed by atoms with Crippen LogP contribution in [-0.4, -0.2) is 25.4 Å². The zero-order chi connectivity index (χ0) is 17.1. The van der Waals surface area contributed by atoms with Gasteiger partial charge in [-0.3, -0.25) is 4.79 Å². The summed E-state index contributed by atoms with van der Waals surface area (Å²) in [6.45, 7) is 0. The Morgan fingerprint density at radius 2 is 2.21 bits per heavy atom. The van der Waals surface area contributed by atoms with E-state index >= 15 is 0 Å². The van der Waals surface area contributed by atoms with Gasteiger partial charge in [-0.05, 0) is 17.7 Å². The van der Waals surface area contributed by atoms with Crippen LogP contribution in [0.25, 0.3) is 0 Å². The molecule has 24 heavy (non-hydrogen) atoms. The Balaban J connectivity index is 1.98. The molecule has 3 aromatic rings. The second-order valence-corrected chi connectivity index (χ2v) is 5.48. The van der Waals surface area contributed by atoms with E-state index in [9.17, 15) is 9.18 Å². The van der Waals surface area contributed by atoms with Crippen molar-refractivity contribution in [2.24, 2.45) is 7.05 Å². The molecule has 0 unspecified atom stereocenters. The van der Waals surface area contributed by atoms with Crippen LogP contribution in [0.1, 0.15) is 27.9 Å². The number of hydrogen-bond donors (Lipinski definition) is 1. The average Bonchev–Trinajstić information content (AvgIpc) is 2.98. The molecule has 1 N–H and O–H groups in total. The second-order valence-electron chi connectivity index (χ2n) is 5.08. The summed E-state index contributed by atoms with van der Waals surface area (Å²) < 4.78 is 15.4. The SMILES string of the molecule is Cn1ccnc1[C@H](NC(=O)c1ncncc1Cl)c1cccc(F)c1. The summed E-state index contributed by atoms with van der Waals surface area (Å²) >= 11 is 5.96. The van der Waals surface area contributed by atoms with Crippen LogP contribution in [0.2, 0.25) is 5.02 Å². The van der Waals surface area contributed by atoms with Crippen molar-refractivity contribution in [2.45, 2.75) is 6.04 Å². The maximum absolute atomic E-state index is 13.6. The van der Waals surface area contributed by atoms with Gasteiger partial charge in [-0.1, -0.05) is 23.7 Å². The summed E-state index contributed by atoms with van der Waals surface area (Å²) in [5.74, 6) is -0.347. The predicted molar refractivity (Wildman–Crippen MR) is 86.0 cm³/mol. The first-order valence-corrected chi connectivity index (χ1v) is 7.43. The Morgan fingerprint density at radius 3 is 2.88 bits per heavy atom. The minimum atomic E-state index is -0.653. The fourth-order valence-electron chi connectivity index (χ4n) is 2.32. The van der Waals surface area contributed by atoms with Gasteiger partial charge in [0.2, 0.25) is 0 Å². The first kappa shape index (κ1) is 16.1. The van der Waals surface area contributed by atoms with Gasteiger partial charge < -0.3 is 9.88 Å². The lowest BCUT2D eigenvalue weighted by Crippen LogP contribution is -2.32. The Labute approximate surface area is 142 Å². The zero-order valence-corrected chi connectivity index (χ0v) is 13.4. The third-order valence-corrected chi connectivity index (χ3v) is 3.73. The number of benzene rings is 1. The number of nitrogens with zero attached hydrogens (tertiary/aromatic N) is 4. The van der Waals surface area contributed by atoms with Crippen molar-refractivity contribution < 1.29 is 9.18 Å². The van der Waals surface area contributed by atoms with Crippen LogP contribution in [-0.2, 0) is 7.05 Å². The number of nitrogens with one attached hydrogen (secondary N) is 1. The summed E-state index contributed by atoms with van der Waals surface area (Å²) in [5, 5.41) is 2.93. The van der Waals surface area contributed by atoms with E-state index in [4.69, 9.17) is 11.6 Å². The smallest absolute Gasteiger partial charge is 0.272 e. The second kappa shape index (κ2) is 6.76. The van der Waals surface area contributed by atoms with Gasteiger partial charge in [0.15, 0.2) is 0 Å². The maximum atomic E-state index is 13.6. The van der Waals surface area contributed by atoms with Crippen molar-refractivity contribution in [3.8, 4) is 0 Å². The highest BCUT2D eigenvalue weighted by Gasteiger charge is 2.23. The summed E-state index contributed by atoms with van der Waals surface area (Å²) in [5.41, 5.74) is 0.602. The lowest BCUT2D eigenvalue weighted by Gasteiger charge is -2.19. The highest BCUT2D eigenvalue weighted by atomic mass is 35.5. The summed E-state index contributed by atoms with van der Waals surface area (Å²) in [4.78, 5) is 24.4. The third kappa shape index (κ3) is 3.26. The molecular formula is C16H13ClFN5O. The fourth-order valence-corrected chi connectivity index (χ4v) is 2.51. The quantitative estimate of drug-likeness (QED) is 0.788. The lowest BCUT2D eigenvalue weighted by atomic mass is 10.1. The van der Waals surface area contributed by atoms with E-state index in [1.807, 2.05) is 0 Å². The number of halogens is 2. The van der Waals surface area contributed by atoms with E-state index in [1.165, 1.54) is 24.7 Å². The molecule has 1 atom stereocenters. The number of aromatic nitrogens is 4. The molecule has 2 heterocycles. The average molecular weight is 346 g/mol. The summed E-state index contributed by atoms with van der Waals surface area (Å²) in [6, 6.07) is 5.32. The largest absolute Gasteiger partial charge is 0.337 e. The fraction of sp³-hybridized carbons (Fsp3) is 0.125. The van der Waals surface area contributed by atoms with E-state index in [-0.39, 0.29) is 10.7 Å². The molecule has 0 spiro atoms. The number of carbonyl (C=O) groups is 1. The molecule has 0 saturated heterocycles. The molecule has 6 nitrogen and oxygen atoms in total. The molecule has 2 aromatic heterocycles.